The van der Waals surface area contributed by atoms with Crippen molar-refractivity contribution in [3.8, 4) is 0 Å². The van der Waals surface area contributed by atoms with Gasteiger partial charge in [0.25, 0.3) is 0 Å². The smallest absolute Gasteiger partial charge is 0.319 e. The van der Waals surface area contributed by atoms with Crippen LogP contribution in [0.5, 0.6) is 0 Å². The van der Waals surface area contributed by atoms with Gasteiger partial charge in [-0.2, -0.15) is 0 Å². The van der Waals surface area contributed by atoms with Gasteiger partial charge < -0.3 is 15.7 Å². The number of aliphatic hydroxyl groups excluding tert-OH is 1. The van der Waals surface area contributed by atoms with Gasteiger partial charge in [0, 0.05) is 12.6 Å². The molecule has 0 saturated carbocycles. The highest BCUT2D eigenvalue weighted by molar-refractivity contribution is 6.33. The summed E-state index contributed by atoms with van der Waals surface area (Å²) in [6.45, 7) is 3.90. The number of hydrogen-bond donors (Lipinski definition) is 3. The second-order valence-electron chi connectivity index (χ2n) is 4.15. The first-order chi connectivity index (χ1) is 8.58. The lowest BCUT2D eigenvalue weighted by molar-refractivity contribution is 0.237. The van der Waals surface area contributed by atoms with Crippen LogP contribution in [0.2, 0.25) is 5.02 Å². The molecule has 0 aliphatic carbocycles. The van der Waals surface area contributed by atoms with Gasteiger partial charge in [-0.05, 0) is 31.4 Å². The number of halogens is 1. The number of amides is 2. The summed E-state index contributed by atoms with van der Waals surface area (Å²) < 4.78 is 0. The minimum Gasteiger partial charge on any atom is -0.396 e. The largest absolute Gasteiger partial charge is 0.396 e. The van der Waals surface area contributed by atoms with E-state index >= 15 is 0 Å². The number of rotatable bonds is 5. The van der Waals surface area contributed by atoms with E-state index in [1.54, 1.807) is 6.07 Å². The normalized spacial score (nSPS) is 12.0. The zero-order valence-electron chi connectivity index (χ0n) is 10.7. The molecular formula is C13H19ClN2O2. The van der Waals surface area contributed by atoms with Crippen LogP contribution in [0, 0.1) is 6.92 Å². The number of anilines is 1. The fraction of sp³-hybridized carbons (Fsp3) is 0.462. The molecule has 2 amide bonds. The molecule has 4 nitrogen and oxygen atoms in total. The average Bonchev–Trinajstić information content (AvgIpc) is 2.33. The van der Waals surface area contributed by atoms with Gasteiger partial charge in [0.1, 0.15) is 0 Å². The van der Waals surface area contributed by atoms with Crippen LogP contribution in [0.15, 0.2) is 18.2 Å². The Balaban J connectivity index is 2.64. The molecule has 1 aromatic carbocycles. The summed E-state index contributed by atoms with van der Waals surface area (Å²) in [5.74, 6) is 0. The number of aliphatic hydroxyl groups is 1. The molecule has 1 unspecified atom stereocenters. The molecule has 0 spiro atoms. The molecule has 18 heavy (non-hydrogen) atoms. The minimum atomic E-state index is -0.300. The van der Waals surface area contributed by atoms with Crippen LogP contribution in [-0.2, 0) is 0 Å². The molecule has 1 rings (SSSR count). The lowest BCUT2D eigenvalue weighted by Gasteiger charge is -2.17. The van der Waals surface area contributed by atoms with E-state index in [0.717, 1.165) is 12.0 Å². The topological polar surface area (TPSA) is 61.4 Å². The summed E-state index contributed by atoms with van der Waals surface area (Å²) in [5, 5.41) is 14.9. The molecule has 0 aromatic heterocycles. The highest BCUT2D eigenvalue weighted by atomic mass is 35.5. The van der Waals surface area contributed by atoms with E-state index in [9.17, 15) is 4.79 Å². The fourth-order valence-electron chi connectivity index (χ4n) is 1.66. The van der Waals surface area contributed by atoms with Crippen molar-refractivity contribution in [1.29, 1.82) is 0 Å². The Kier molecular flexibility index (Phi) is 5.95. The monoisotopic (exact) mass is 270 g/mol. The van der Waals surface area contributed by atoms with Gasteiger partial charge in [0.15, 0.2) is 0 Å². The molecule has 100 valence electrons. The summed E-state index contributed by atoms with van der Waals surface area (Å²) in [5.41, 5.74) is 1.53. The predicted octanol–water partition coefficient (Wildman–Crippen LogP) is 2.93. The first-order valence-corrected chi connectivity index (χ1v) is 6.39. The molecular weight excluding hydrogens is 252 g/mol. The first-order valence-electron chi connectivity index (χ1n) is 6.02. The Morgan fingerprint density at radius 3 is 2.78 bits per heavy atom. The summed E-state index contributed by atoms with van der Waals surface area (Å²) >= 11 is 6.02. The first kappa shape index (κ1) is 14.8. The number of carbonyl (C=O) groups is 1. The van der Waals surface area contributed by atoms with Crippen LogP contribution in [0.25, 0.3) is 0 Å². The van der Waals surface area contributed by atoms with E-state index in [2.05, 4.69) is 10.6 Å². The van der Waals surface area contributed by atoms with Crippen molar-refractivity contribution in [3.63, 3.8) is 0 Å². The van der Waals surface area contributed by atoms with Crippen LogP contribution < -0.4 is 10.6 Å². The van der Waals surface area contributed by atoms with E-state index in [-0.39, 0.29) is 18.7 Å². The number of nitrogens with one attached hydrogen (secondary N) is 2. The van der Waals surface area contributed by atoms with Crippen molar-refractivity contribution >= 4 is 23.3 Å². The molecule has 0 heterocycles. The number of benzene rings is 1. The maximum atomic E-state index is 11.8. The van der Waals surface area contributed by atoms with E-state index in [1.807, 2.05) is 26.0 Å². The summed E-state index contributed by atoms with van der Waals surface area (Å²) in [6, 6.07) is 5.12. The minimum absolute atomic E-state index is 0.0298. The van der Waals surface area contributed by atoms with Crippen LogP contribution in [-0.4, -0.2) is 23.8 Å². The molecule has 5 heteroatoms. The van der Waals surface area contributed by atoms with Gasteiger partial charge in [-0.1, -0.05) is 30.7 Å². The lowest BCUT2D eigenvalue weighted by Crippen LogP contribution is -2.38. The number of carbonyl (C=O) groups excluding carboxylic acids is 1. The van der Waals surface area contributed by atoms with Crippen molar-refractivity contribution in [2.75, 3.05) is 11.9 Å². The second kappa shape index (κ2) is 7.24. The van der Waals surface area contributed by atoms with Crippen molar-refractivity contribution < 1.29 is 9.90 Å². The van der Waals surface area contributed by atoms with Gasteiger partial charge in [0.2, 0.25) is 0 Å². The Hall–Kier alpha value is -1.26. The molecule has 1 atom stereocenters. The van der Waals surface area contributed by atoms with Gasteiger partial charge >= 0.3 is 6.03 Å². The Labute approximate surface area is 112 Å². The maximum absolute atomic E-state index is 11.8. The van der Waals surface area contributed by atoms with E-state index < -0.39 is 0 Å². The maximum Gasteiger partial charge on any atom is 0.319 e. The Morgan fingerprint density at radius 2 is 2.22 bits per heavy atom. The van der Waals surface area contributed by atoms with E-state index in [0.29, 0.717) is 17.1 Å². The van der Waals surface area contributed by atoms with E-state index in [4.69, 9.17) is 16.7 Å². The zero-order chi connectivity index (χ0) is 13.5. The van der Waals surface area contributed by atoms with Crippen LogP contribution in [0.4, 0.5) is 10.5 Å². The molecule has 0 fully saturated rings. The van der Waals surface area contributed by atoms with Crippen molar-refractivity contribution in [3.05, 3.63) is 28.8 Å². The number of urea groups is 1. The third kappa shape index (κ3) is 4.20. The van der Waals surface area contributed by atoms with Gasteiger partial charge in [0.05, 0.1) is 10.7 Å². The number of para-hydroxylation sites is 1. The summed E-state index contributed by atoms with van der Waals surface area (Å²) in [6.07, 6.45) is 1.32. The van der Waals surface area contributed by atoms with Gasteiger partial charge in [-0.25, -0.2) is 4.79 Å². The highest BCUT2D eigenvalue weighted by Gasteiger charge is 2.12. The predicted molar refractivity (Wildman–Crippen MR) is 74.1 cm³/mol. The molecule has 0 aliphatic heterocycles. The molecule has 3 N–H and O–H groups in total. The Morgan fingerprint density at radius 1 is 1.50 bits per heavy atom. The number of hydrogen-bond acceptors (Lipinski definition) is 2. The van der Waals surface area contributed by atoms with Crippen molar-refractivity contribution in [2.24, 2.45) is 0 Å². The molecule has 0 bridgehead atoms. The fourth-order valence-corrected chi connectivity index (χ4v) is 1.93. The quantitative estimate of drug-likeness (QED) is 0.770. The van der Waals surface area contributed by atoms with Crippen LogP contribution in [0.3, 0.4) is 0 Å². The SMILES string of the molecule is CCC(CCO)NC(=O)Nc1c(C)cccc1Cl. The van der Waals surface area contributed by atoms with E-state index in [1.165, 1.54) is 0 Å². The zero-order valence-corrected chi connectivity index (χ0v) is 11.4. The molecule has 0 radical (unpaired) electrons. The van der Waals surface area contributed by atoms with Crippen molar-refractivity contribution in [1.82, 2.24) is 5.32 Å². The molecule has 1 aromatic rings. The molecule has 0 saturated heterocycles. The summed E-state index contributed by atoms with van der Waals surface area (Å²) in [4.78, 5) is 11.8. The van der Waals surface area contributed by atoms with Gasteiger partial charge in [-0.15, -0.1) is 0 Å². The van der Waals surface area contributed by atoms with Crippen LogP contribution in [0.1, 0.15) is 25.3 Å². The van der Waals surface area contributed by atoms with Crippen LogP contribution >= 0.6 is 11.6 Å². The van der Waals surface area contributed by atoms with Crippen molar-refractivity contribution in [2.45, 2.75) is 32.7 Å². The second-order valence-corrected chi connectivity index (χ2v) is 4.55. The third-order valence-electron chi connectivity index (χ3n) is 2.77. The number of aryl methyl sites for hydroxylation is 1. The highest BCUT2D eigenvalue weighted by Crippen LogP contribution is 2.24. The lowest BCUT2D eigenvalue weighted by atomic mass is 10.1. The third-order valence-corrected chi connectivity index (χ3v) is 3.08. The van der Waals surface area contributed by atoms with Gasteiger partial charge in [-0.3, -0.25) is 0 Å². The Bertz CT molecular complexity index is 390. The average molecular weight is 271 g/mol. The standard InChI is InChI=1S/C13H19ClN2O2/c1-3-10(7-8-17)15-13(18)16-12-9(2)5-4-6-11(12)14/h4-6,10,17H,3,7-8H2,1-2H3,(H2,15,16,18). The summed E-state index contributed by atoms with van der Waals surface area (Å²) in [7, 11) is 0. The molecule has 0 aliphatic rings.